The van der Waals surface area contributed by atoms with E-state index in [1.54, 1.807) is 6.07 Å². The lowest BCUT2D eigenvalue weighted by atomic mass is 10.0. The van der Waals surface area contributed by atoms with E-state index in [9.17, 15) is 10.5 Å². The van der Waals surface area contributed by atoms with Crippen LogP contribution >= 0.6 is 0 Å². The third-order valence-corrected chi connectivity index (χ3v) is 13.7. The summed E-state index contributed by atoms with van der Waals surface area (Å²) in [5, 5.41) is 30.8. The molecule has 2 aromatic heterocycles. The van der Waals surface area contributed by atoms with Crippen LogP contribution in [0.4, 0.5) is 34.1 Å². The van der Waals surface area contributed by atoms with Crippen LogP contribution < -0.4 is 9.80 Å². The van der Waals surface area contributed by atoms with Crippen molar-refractivity contribution in [1.29, 1.82) is 10.5 Å². The summed E-state index contributed by atoms with van der Waals surface area (Å²) in [5.41, 5.74) is 12.2. The first-order chi connectivity index (χ1) is 34.7. The molecule has 0 saturated heterocycles. The monoisotopic (exact) mass is 892 g/mol. The van der Waals surface area contributed by atoms with Crippen molar-refractivity contribution in [3.8, 4) is 23.5 Å². The first-order valence-corrected chi connectivity index (χ1v) is 23.4. The highest BCUT2D eigenvalue weighted by Gasteiger charge is 2.26. The van der Waals surface area contributed by atoms with Crippen LogP contribution in [0, 0.1) is 22.7 Å². The van der Waals surface area contributed by atoms with Crippen LogP contribution in [0.25, 0.3) is 76.5 Å². The number of fused-ring (bicyclic) bond motifs is 10. The fourth-order valence-corrected chi connectivity index (χ4v) is 10.7. The van der Waals surface area contributed by atoms with Crippen LogP contribution in [0.2, 0.25) is 0 Å². The van der Waals surface area contributed by atoms with Crippen LogP contribution in [-0.2, 0) is 0 Å². The topological polar surface area (TPSA) is 63.9 Å². The molecule has 70 heavy (non-hydrogen) atoms. The molecule has 6 nitrogen and oxygen atoms in total. The predicted molar refractivity (Wildman–Crippen MR) is 289 cm³/mol. The summed E-state index contributed by atoms with van der Waals surface area (Å²) in [7, 11) is 0. The summed E-state index contributed by atoms with van der Waals surface area (Å²) in [5.74, 6) is 0. The SMILES string of the molecule is N#Cc1cc(C#N)c(-n2c3ccc(N(c4ccccc4)c4ccccc4)cc3c3c4ccccc4ccc32)c(-n2c3ccc(N(c4ccccc4)c4ccccc4)cc3c3c4ccccc4ccc32)c1. The Hall–Kier alpha value is -9.88. The molecule has 0 aliphatic heterocycles. The molecule has 0 spiro atoms. The highest BCUT2D eigenvalue weighted by Crippen LogP contribution is 2.46. The fourth-order valence-electron chi connectivity index (χ4n) is 10.7. The molecule has 0 N–H and O–H groups in total. The second kappa shape index (κ2) is 16.5. The maximum atomic E-state index is 11.3. The summed E-state index contributed by atoms with van der Waals surface area (Å²) in [6.07, 6.45) is 0. The normalized spacial score (nSPS) is 11.4. The zero-order chi connectivity index (χ0) is 46.7. The Balaban J connectivity index is 1.14. The molecule has 0 fully saturated rings. The molecule has 0 unspecified atom stereocenters. The Kier molecular flexibility index (Phi) is 9.50. The quantitative estimate of drug-likeness (QED) is 0.152. The van der Waals surface area contributed by atoms with Gasteiger partial charge >= 0.3 is 0 Å². The molecule has 0 amide bonds. The number of aromatic nitrogens is 2. The van der Waals surface area contributed by atoms with Crippen LogP contribution in [0.5, 0.6) is 0 Å². The van der Waals surface area contributed by atoms with Gasteiger partial charge in [-0.1, -0.05) is 133 Å². The summed E-state index contributed by atoms with van der Waals surface area (Å²) >= 11 is 0. The van der Waals surface area contributed by atoms with Gasteiger partial charge in [0.05, 0.1) is 50.6 Å². The van der Waals surface area contributed by atoms with Gasteiger partial charge in [0.1, 0.15) is 6.07 Å². The molecule has 2 heterocycles. The third kappa shape index (κ3) is 6.40. The van der Waals surface area contributed by atoms with Crippen molar-refractivity contribution in [3.63, 3.8) is 0 Å². The van der Waals surface area contributed by atoms with E-state index in [-0.39, 0.29) is 0 Å². The maximum absolute atomic E-state index is 11.3. The van der Waals surface area contributed by atoms with Crippen molar-refractivity contribution in [2.75, 3.05) is 9.80 Å². The first kappa shape index (κ1) is 40.4. The molecule has 13 rings (SSSR count). The van der Waals surface area contributed by atoms with E-state index in [1.807, 2.05) is 30.3 Å². The number of rotatable bonds is 8. The molecule has 0 bridgehead atoms. The molecule has 0 aliphatic rings. The van der Waals surface area contributed by atoms with Gasteiger partial charge in [-0.2, -0.15) is 10.5 Å². The number of nitrogens with zero attached hydrogens (tertiary/aromatic N) is 6. The number of benzene rings is 11. The van der Waals surface area contributed by atoms with Crippen molar-refractivity contribution >= 4 is 99.3 Å². The summed E-state index contributed by atoms with van der Waals surface area (Å²) in [4.78, 5) is 4.58. The Labute approximate surface area is 404 Å². The maximum Gasteiger partial charge on any atom is 0.101 e. The number of hydrogen-bond donors (Lipinski definition) is 0. The van der Waals surface area contributed by atoms with Crippen LogP contribution in [-0.4, -0.2) is 9.13 Å². The molecule has 0 atom stereocenters. The smallest absolute Gasteiger partial charge is 0.101 e. The van der Waals surface area contributed by atoms with Gasteiger partial charge in [0.15, 0.2) is 0 Å². The van der Waals surface area contributed by atoms with Gasteiger partial charge in [-0.15, -0.1) is 0 Å². The lowest BCUT2D eigenvalue weighted by Gasteiger charge is -2.26. The molecular weight excluding hydrogens is 853 g/mol. The zero-order valence-electron chi connectivity index (χ0n) is 37.8. The number of anilines is 6. The van der Waals surface area contributed by atoms with Gasteiger partial charge in [-0.25, -0.2) is 0 Å². The van der Waals surface area contributed by atoms with Gasteiger partial charge in [0.25, 0.3) is 0 Å². The standard InChI is InChI=1S/C64H40N6/c65-41-43-37-46(42-66)64(70-58-36-32-52(68(49-23-9-3-10-24-49)50-25-11-4-12-26-50)40-56(58)63-54-28-16-14-18-45(54)30-34-60(63)70)61(38-43)69-57-35-31-51(67(47-19-5-1-6-20-47)48-21-7-2-8-22-48)39-55(57)62-53-27-15-13-17-44(53)29-33-59(62)69/h1-40H. The minimum Gasteiger partial charge on any atom is -0.310 e. The van der Waals surface area contributed by atoms with Crippen molar-refractivity contribution in [2.24, 2.45) is 0 Å². The molecule has 0 saturated carbocycles. The first-order valence-electron chi connectivity index (χ1n) is 23.4. The lowest BCUT2D eigenvalue weighted by Crippen LogP contribution is -2.10. The molecule has 326 valence electrons. The van der Waals surface area contributed by atoms with Crippen LogP contribution in [0.3, 0.4) is 0 Å². The van der Waals surface area contributed by atoms with Gasteiger partial charge in [0, 0.05) is 55.7 Å². The van der Waals surface area contributed by atoms with Crippen molar-refractivity contribution < 1.29 is 0 Å². The molecule has 6 heteroatoms. The number of para-hydroxylation sites is 4. The van der Waals surface area contributed by atoms with E-state index in [0.717, 1.165) is 105 Å². The van der Waals surface area contributed by atoms with Gasteiger partial charge < -0.3 is 18.9 Å². The van der Waals surface area contributed by atoms with Crippen molar-refractivity contribution in [1.82, 2.24) is 9.13 Å². The molecule has 0 radical (unpaired) electrons. The molecule has 11 aromatic carbocycles. The summed E-state index contributed by atoms with van der Waals surface area (Å²) in [6, 6.07) is 89.6. The van der Waals surface area contributed by atoms with Gasteiger partial charge in [-0.3, -0.25) is 0 Å². The molecular formula is C64H40N6. The number of nitriles is 2. The molecule has 13 aromatic rings. The molecule has 0 aliphatic carbocycles. The highest BCUT2D eigenvalue weighted by atomic mass is 15.2. The Morgan fingerprint density at radius 1 is 0.314 bits per heavy atom. The fraction of sp³-hybridized carbons (Fsp3) is 0. The number of hydrogen-bond acceptors (Lipinski definition) is 4. The Morgan fingerprint density at radius 3 is 1.16 bits per heavy atom. The minimum absolute atomic E-state index is 0.395. The lowest BCUT2D eigenvalue weighted by molar-refractivity contribution is 1.08. The van der Waals surface area contributed by atoms with Gasteiger partial charge in [-0.05, 0) is 131 Å². The minimum atomic E-state index is 0.395. The van der Waals surface area contributed by atoms with E-state index in [4.69, 9.17) is 0 Å². The third-order valence-electron chi connectivity index (χ3n) is 13.7. The van der Waals surface area contributed by atoms with E-state index < -0.39 is 0 Å². The van der Waals surface area contributed by atoms with Crippen LogP contribution in [0.15, 0.2) is 243 Å². The van der Waals surface area contributed by atoms with E-state index in [0.29, 0.717) is 16.8 Å². The largest absolute Gasteiger partial charge is 0.310 e. The van der Waals surface area contributed by atoms with Crippen molar-refractivity contribution in [3.05, 3.63) is 254 Å². The van der Waals surface area contributed by atoms with Gasteiger partial charge in [0.2, 0.25) is 0 Å². The van der Waals surface area contributed by atoms with E-state index in [2.05, 4.69) is 237 Å². The summed E-state index contributed by atoms with van der Waals surface area (Å²) < 4.78 is 4.53. The van der Waals surface area contributed by atoms with Crippen LogP contribution in [0.1, 0.15) is 11.1 Å². The predicted octanol–water partition coefficient (Wildman–Crippen LogP) is 16.9. The Bertz CT molecular complexity index is 4180. The average molecular weight is 893 g/mol. The highest BCUT2D eigenvalue weighted by molar-refractivity contribution is 6.24. The van der Waals surface area contributed by atoms with E-state index >= 15 is 0 Å². The average Bonchev–Trinajstić information content (AvgIpc) is 3.94. The Morgan fingerprint density at radius 2 is 0.714 bits per heavy atom. The second-order valence-corrected chi connectivity index (χ2v) is 17.6. The second-order valence-electron chi connectivity index (χ2n) is 17.6. The zero-order valence-corrected chi connectivity index (χ0v) is 37.8. The van der Waals surface area contributed by atoms with E-state index in [1.165, 1.54) is 0 Å². The van der Waals surface area contributed by atoms with Crippen molar-refractivity contribution in [2.45, 2.75) is 0 Å². The summed E-state index contributed by atoms with van der Waals surface area (Å²) in [6.45, 7) is 0.